The van der Waals surface area contributed by atoms with Crippen molar-refractivity contribution in [3.05, 3.63) is 59.4 Å². The molecule has 0 bridgehead atoms. The number of nitrogens with zero attached hydrogens (tertiary/aromatic N) is 1. The van der Waals surface area contributed by atoms with Gasteiger partial charge in [-0.25, -0.2) is 0 Å². The van der Waals surface area contributed by atoms with Crippen LogP contribution in [0, 0.1) is 0 Å². The van der Waals surface area contributed by atoms with E-state index in [-0.39, 0.29) is 5.75 Å². The highest BCUT2D eigenvalue weighted by atomic mass is 19.4. The van der Waals surface area contributed by atoms with Crippen LogP contribution in [0.15, 0.2) is 42.7 Å². The molecule has 0 aliphatic rings. The summed E-state index contributed by atoms with van der Waals surface area (Å²) in [7, 11) is 0. The molecule has 112 valence electrons. The lowest BCUT2D eigenvalue weighted by molar-refractivity contribution is -0.274. The van der Waals surface area contributed by atoms with Crippen molar-refractivity contribution in [3.8, 4) is 5.75 Å². The van der Waals surface area contributed by atoms with Crippen LogP contribution in [0.4, 0.5) is 13.2 Å². The first-order valence-corrected chi connectivity index (χ1v) is 6.37. The molecule has 0 fully saturated rings. The molecule has 6 heteroatoms. The van der Waals surface area contributed by atoms with Crippen LogP contribution >= 0.6 is 0 Å². The minimum Gasteiger partial charge on any atom is -0.406 e. The lowest BCUT2D eigenvalue weighted by Gasteiger charge is -2.16. The highest BCUT2D eigenvalue weighted by Crippen LogP contribution is 2.29. The maximum absolute atomic E-state index is 12.2. The molecule has 1 aromatic heterocycles. The second-order valence-corrected chi connectivity index (χ2v) is 4.45. The van der Waals surface area contributed by atoms with Crippen molar-refractivity contribution >= 4 is 0 Å². The van der Waals surface area contributed by atoms with Crippen molar-refractivity contribution in [3.63, 3.8) is 0 Å². The van der Waals surface area contributed by atoms with Gasteiger partial charge in [-0.05, 0) is 41.3 Å². The number of aliphatic hydroxyl groups is 1. The maximum Gasteiger partial charge on any atom is 0.573 e. The summed E-state index contributed by atoms with van der Waals surface area (Å²) in [6.07, 6.45) is -1.95. The number of aromatic nitrogens is 1. The van der Waals surface area contributed by atoms with Crippen molar-refractivity contribution in [2.24, 2.45) is 0 Å². The predicted octanol–water partition coefficient (Wildman–Crippen LogP) is 3.62. The van der Waals surface area contributed by atoms with Crippen LogP contribution < -0.4 is 4.74 Å². The van der Waals surface area contributed by atoms with Crippen LogP contribution in [-0.2, 0) is 6.42 Å². The molecule has 0 aliphatic carbocycles. The summed E-state index contributed by atoms with van der Waals surface area (Å²) in [4.78, 5) is 3.97. The normalized spacial score (nSPS) is 13.0. The fourth-order valence-electron chi connectivity index (χ4n) is 2.06. The molecule has 1 aromatic carbocycles. The van der Waals surface area contributed by atoms with Gasteiger partial charge in [-0.3, -0.25) is 4.98 Å². The molecule has 1 unspecified atom stereocenters. The van der Waals surface area contributed by atoms with Crippen LogP contribution in [0.1, 0.15) is 29.7 Å². The molecule has 0 saturated heterocycles. The Hall–Kier alpha value is -2.08. The molecule has 0 saturated carbocycles. The molecule has 1 atom stereocenters. The summed E-state index contributed by atoms with van der Waals surface area (Å²) in [6, 6.07) is 6.98. The van der Waals surface area contributed by atoms with Crippen LogP contribution in [0.2, 0.25) is 0 Å². The van der Waals surface area contributed by atoms with Crippen molar-refractivity contribution in [1.82, 2.24) is 4.98 Å². The van der Waals surface area contributed by atoms with Gasteiger partial charge in [0.15, 0.2) is 0 Å². The van der Waals surface area contributed by atoms with Crippen LogP contribution in [0.25, 0.3) is 0 Å². The minimum absolute atomic E-state index is 0.331. The van der Waals surface area contributed by atoms with Gasteiger partial charge >= 0.3 is 6.36 Å². The van der Waals surface area contributed by atoms with E-state index in [1.54, 1.807) is 18.3 Å². The molecule has 3 nitrogen and oxygen atoms in total. The largest absolute Gasteiger partial charge is 0.573 e. The molecule has 2 aromatic rings. The summed E-state index contributed by atoms with van der Waals surface area (Å²) in [5.41, 5.74) is 1.79. The van der Waals surface area contributed by atoms with E-state index in [1.807, 2.05) is 6.92 Å². The lowest BCUT2D eigenvalue weighted by atomic mass is 9.97. The van der Waals surface area contributed by atoms with Crippen LogP contribution in [-0.4, -0.2) is 16.5 Å². The van der Waals surface area contributed by atoms with E-state index >= 15 is 0 Å². The van der Waals surface area contributed by atoms with E-state index in [0.717, 1.165) is 5.56 Å². The third kappa shape index (κ3) is 3.95. The molecule has 0 radical (unpaired) electrons. The lowest BCUT2D eigenvalue weighted by Crippen LogP contribution is -2.17. The third-order valence-electron chi connectivity index (χ3n) is 3.02. The van der Waals surface area contributed by atoms with E-state index in [4.69, 9.17) is 0 Å². The van der Waals surface area contributed by atoms with Gasteiger partial charge in [0, 0.05) is 12.4 Å². The number of pyridine rings is 1. The van der Waals surface area contributed by atoms with Crippen molar-refractivity contribution in [2.45, 2.75) is 25.8 Å². The highest BCUT2D eigenvalue weighted by Gasteiger charge is 2.31. The highest BCUT2D eigenvalue weighted by molar-refractivity contribution is 5.37. The summed E-state index contributed by atoms with van der Waals surface area (Å²) < 4.78 is 40.5. The van der Waals surface area contributed by atoms with Crippen LogP contribution in [0.3, 0.4) is 0 Å². The number of hydrogen-bond donors (Lipinski definition) is 1. The fourth-order valence-corrected chi connectivity index (χ4v) is 2.06. The van der Waals surface area contributed by atoms with Crippen molar-refractivity contribution < 1.29 is 23.0 Å². The zero-order chi connectivity index (χ0) is 15.5. The zero-order valence-electron chi connectivity index (χ0n) is 11.3. The van der Waals surface area contributed by atoms with Crippen LogP contribution in [0.5, 0.6) is 5.75 Å². The first-order chi connectivity index (χ1) is 9.90. The smallest absolute Gasteiger partial charge is 0.406 e. The molecule has 1 N–H and O–H groups in total. The Balaban J connectivity index is 2.31. The van der Waals surface area contributed by atoms with Gasteiger partial charge in [-0.15, -0.1) is 13.2 Å². The van der Waals surface area contributed by atoms with Gasteiger partial charge in [-0.1, -0.05) is 19.1 Å². The average Bonchev–Trinajstić information content (AvgIpc) is 2.45. The average molecular weight is 297 g/mol. The number of alkyl halides is 3. The number of hydrogen-bond acceptors (Lipinski definition) is 3. The minimum atomic E-state index is -4.76. The summed E-state index contributed by atoms with van der Waals surface area (Å²) in [6.45, 7) is 1.91. The molecular formula is C15H14F3NO2. The number of halogens is 3. The summed E-state index contributed by atoms with van der Waals surface area (Å²) in [5.74, 6) is -0.355. The monoisotopic (exact) mass is 297 g/mol. The van der Waals surface area contributed by atoms with E-state index in [1.165, 1.54) is 24.4 Å². The Bertz CT molecular complexity index is 614. The van der Waals surface area contributed by atoms with E-state index in [0.29, 0.717) is 17.5 Å². The standard InChI is InChI=1S/C15H14F3NO2/c1-2-10-9-19-7-6-13(10)14(20)11-4-3-5-12(8-11)21-15(16,17)18/h3-9,14,20H,2H2,1H3. The molecule has 0 amide bonds. The quantitative estimate of drug-likeness (QED) is 0.937. The fraction of sp³-hybridized carbons (Fsp3) is 0.267. The summed E-state index contributed by atoms with van der Waals surface area (Å²) >= 11 is 0. The Morgan fingerprint density at radius 2 is 2.05 bits per heavy atom. The Morgan fingerprint density at radius 3 is 2.71 bits per heavy atom. The van der Waals surface area contributed by atoms with Gasteiger partial charge in [0.25, 0.3) is 0 Å². The van der Waals surface area contributed by atoms with Crippen molar-refractivity contribution in [2.75, 3.05) is 0 Å². The number of benzene rings is 1. The van der Waals surface area contributed by atoms with Crippen molar-refractivity contribution in [1.29, 1.82) is 0 Å². The molecule has 1 heterocycles. The molecular weight excluding hydrogens is 283 g/mol. The van der Waals surface area contributed by atoms with E-state index < -0.39 is 12.5 Å². The first-order valence-electron chi connectivity index (χ1n) is 6.37. The van der Waals surface area contributed by atoms with E-state index in [9.17, 15) is 18.3 Å². The second-order valence-electron chi connectivity index (χ2n) is 4.45. The summed E-state index contributed by atoms with van der Waals surface area (Å²) in [5, 5.41) is 10.4. The number of aliphatic hydroxyl groups excluding tert-OH is 1. The molecule has 0 spiro atoms. The van der Waals surface area contributed by atoms with Gasteiger partial charge in [-0.2, -0.15) is 0 Å². The first kappa shape index (κ1) is 15.3. The Morgan fingerprint density at radius 1 is 1.29 bits per heavy atom. The Labute approximate surface area is 120 Å². The predicted molar refractivity (Wildman–Crippen MR) is 70.8 cm³/mol. The maximum atomic E-state index is 12.2. The topological polar surface area (TPSA) is 42.4 Å². The van der Waals surface area contributed by atoms with Gasteiger partial charge < -0.3 is 9.84 Å². The number of rotatable bonds is 4. The molecule has 21 heavy (non-hydrogen) atoms. The molecule has 0 aliphatic heterocycles. The second kappa shape index (κ2) is 6.13. The molecule has 2 rings (SSSR count). The van der Waals surface area contributed by atoms with Gasteiger partial charge in [0.05, 0.1) is 0 Å². The third-order valence-corrected chi connectivity index (χ3v) is 3.02. The van der Waals surface area contributed by atoms with Gasteiger partial charge in [0.2, 0.25) is 0 Å². The van der Waals surface area contributed by atoms with Gasteiger partial charge in [0.1, 0.15) is 11.9 Å². The number of aryl methyl sites for hydroxylation is 1. The Kier molecular flexibility index (Phi) is 4.47. The zero-order valence-corrected chi connectivity index (χ0v) is 11.3. The SMILES string of the molecule is CCc1cnccc1C(O)c1cccc(OC(F)(F)F)c1. The van der Waals surface area contributed by atoms with E-state index in [2.05, 4.69) is 9.72 Å². The number of ether oxygens (including phenoxy) is 1.